The van der Waals surface area contributed by atoms with Gasteiger partial charge in [-0.25, -0.2) is 0 Å². The molecule has 1 amide bonds. The van der Waals surface area contributed by atoms with Crippen molar-refractivity contribution >= 4 is 5.91 Å². The summed E-state index contributed by atoms with van der Waals surface area (Å²) in [5.74, 6) is -0.850. The van der Waals surface area contributed by atoms with Gasteiger partial charge >= 0.3 is 6.18 Å². The molecule has 1 aromatic carbocycles. The minimum Gasteiger partial charge on any atom is -0.496 e. The lowest BCUT2D eigenvalue weighted by atomic mass is 10.0. The molecule has 5 nitrogen and oxygen atoms in total. The van der Waals surface area contributed by atoms with Gasteiger partial charge in [0.05, 0.1) is 12.7 Å². The van der Waals surface area contributed by atoms with Gasteiger partial charge in [-0.2, -0.15) is 13.2 Å². The molecule has 0 aliphatic heterocycles. The third-order valence-corrected chi connectivity index (χ3v) is 2.80. The van der Waals surface area contributed by atoms with Crippen LogP contribution in [0, 0.1) is 0 Å². The average molecular weight is 307 g/mol. The lowest BCUT2D eigenvalue weighted by molar-refractivity contribution is -0.138. The average Bonchev–Trinajstić information content (AvgIpc) is 2.42. The normalized spacial score (nSPS) is 14.4. The van der Waals surface area contributed by atoms with Crippen LogP contribution in [0.1, 0.15) is 24.2 Å². The Balaban J connectivity index is 2.96. The van der Waals surface area contributed by atoms with Crippen LogP contribution < -0.4 is 10.1 Å². The Labute approximate surface area is 119 Å². The van der Waals surface area contributed by atoms with Gasteiger partial charge in [-0.05, 0) is 17.7 Å². The predicted octanol–water partition coefficient (Wildman–Crippen LogP) is 1.24. The summed E-state index contributed by atoms with van der Waals surface area (Å²) in [4.78, 5) is 10.7. The number of halogens is 3. The summed E-state index contributed by atoms with van der Waals surface area (Å²) in [7, 11) is 1.08. The van der Waals surface area contributed by atoms with Gasteiger partial charge in [-0.3, -0.25) is 4.79 Å². The lowest BCUT2D eigenvalue weighted by Crippen LogP contribution is -2.34. The van der Waals surface area contributed by atoms with Crippen LogP contribution in [0.4, 0.5) is 13.2 Å². The van der Waals surface area contributed by atoms with Gasteiger partial charge in [0, 0.05) is 13.5 Å². The second-order valence-corrected chi connectivity index (χ2v) is 4.41. The molecule has 0 saturated heterocycles. The van der Waals surface area contributed by atoms with Crippen LogP contribution in [0.15, 0.2) is 18.2 Å². The number of hydrogen-bond donors (Lipinski definition) is 3. The molecular formula is C13H16F3NO4. The SMILES string of the molecule is COc1cc(C(O)C(O)CNC(C)=O)ccc1C(F)(F)F. The number of benzene rings is 1. The van der Waals surface area contributed by atoms with E-state index in [-0.39, 0.29) is 12.1 Å². The van der Waals surface area contributed by atoms with Crippen LogP contribution in [0.3, 0.4) is 0 Å². The predicted molar refractivity (Wildman–Crippen MR) is 67.6 cm³/mol. The number of nitrogens with one attached hydrogen (secondary N) is 1. The van der Waals surface area contributed by atoms with Gasteiger partial charge in [0.25, 0.3) is 0 Å². The van der Waals surface area contributed by atoms with Crippen molar-refractivity contribution in [3.05, 3.63) is 29.3 Å². The maximum atomic E-state index is 12.7. The van der Waals surface area contributed by atoms with Crippen LogP contribution in [-0.2, 0) is 11.0 Å². The molecule has 0 fully saturated rings. The molecule has 0 aromatic heterocycles. The largest absolute Gasteiger partial charge is 0.496 e. The number of alkyl halides is 3. The lowest BCUT2D eigenvalue weighted by Gasteiger charge is -2.20. The van der Waals surface area contributed by atoms with Gasteiger partial charge in [-0.15, -0.1) is 0 Å². The van der Waals surface area contributed by atoms with Crippen molar-refractivity contribution < 1.29 is 32.9 Å². The van der Waals surface area contributed by atoms with Crippen molar-refractivity contribution in [1.29, 1.82) is 0 Å². The molecule has 0 aliphatic carbocycles. The second kappa shape index (κ2) is 6.77. The molecule has 21 heavy (non-hydrogen) atoms. The van der Waals surface area contributed by atoms with Crippen LogP contribution in [0.5, 0.6) is 5.75 Å². The number of hydrogen-bond acceptors (Lipinski definition) is 4. The minimum atomic E-state index is -4.58. The summed E-state index contributed by atoms with van der Waals surface area (Å²) in [6.45, 7) is 1.01. The van der Waals surface area contributed by atoms with Gasteiger partial charge in [0.1, 0.15) is 18.0 Å². The molecule has 8 heteroatoms. The van der Waals surface area contributed by atoms with Crippen LogP contribution in [0.25, 0.3) is 0 Å². The first kappa shape index (κ1) is 17.3. The van der Waals surface area contributed by atoms with Gasteiger partial charge < -0.3 is 20.3 Å². The molecular weight excluding hydrogens is 291 g/mol. The summed E-state index contributed by atoms with van der Waals surface area (Å²) in [6, 6.07) is 2.82. The number of aliphatic hydroxyl groups is 2. The van der Waals surface area contributed by atoms with Gasteiger partial charge in [-0.1, -0.05) is 6.07 Å². The van der Waals surface area contributed by atoms with Gasteiger partial charge in [0.15, 0.2) is 0 Å². The monoisotopic (exact) mass is 307 g/mol. The van der Waals surface area contributed by atoms with E-state index >= 15 is 0 Å². The number of amides is 1. The molecule has 3 N–H and O–H groups in total. The molecule has 0 heterocycles. The van der Waals surface area contributed by atoms with Crippen molar-refractivity contribution in [3.8, 4) is 5.75 Å². The molecule has 0 bridgehead atoms. The Hall–Kier alpha value is -1.80. The van der Waals surface area contributed by atoms with E-state index in [4.69, 9.17) is 0 Å². The van der Waals surface area contributed by atoms with E-state index in [0.717, 1.165) is 25.3 Å². The number of methoxy groups -OCH3 is 1. The highest BCUT2D eigenvalue weighted by molar-refractivity contribution is 5.72. The topological polar surface area (TPSA) is 78.8 Å². The Morgan fingerprint density at radius 3 is 2.48 bits per heavy atom. The molecule has 0 aliphatic rings. The van der Waals surface area contributed by atoms with E-state index < -0.39 is 35.6 Å². The van der Waals surface area contributed by atoms with Crippen LogP contribution in [0.2, 0.25) is 0 Å². The molecule has 118 valence electrons. The van der Waals surface area contributed by atoms with Crippen molar-refractivity contribution in [2.45, 2.75) is 25.3 Å². The van der Waals surface area contributed by atoms with E-state index in [1.807, 2.05) is 0 Å². The fourth-order valence-electron chi connectivity index (χ4n) is 1.71. The Bertz CT molecular complexity index is 505. The Kier molecular flexibility index (Phi) is 5.56. The fraction of sp³-hybridized carbons (Fsp3) is 0.462. The standard InChI is InChI=1S/C13H16F3NO4/c1-7(18)17-6-10(19)12(20)8-3-4-9(13(14,15)16)11(5-8)21-2/h3-5,10,12,19-20H,6H2,1-2H3,(H,17,18). The third-order valence-electron chi connectivity index (χ3n) is 2.80. The third kappa shape index (κ3) is 4.61. The molecule has 1 rings (SSSR count). The van der Waals surface area contributed by atoms with E-state index in [0.29, 0.717) is 0 Å². The zero-order valence-electron chi connectivity index (χ0n) is 11.4. The van der Waals surface area contributed by atoms with Crippen molar-refractivity contribution in [1.82, 2.24) is 5.32 Å². The maximum absolute atomic E-state index is 12.7. The molecule has 0 spiro atoms. The summed E-state index contributed by atoms with van der Waals surface area (Å²) >= 11 is 0. The second-order valence-electron chi connectivity index (χ2n) is 4.41. The summed E-state index contributed by atoms with van der Waals surface area (Å²) in [5.41, 5.74) is -0.921. The summed E-state index contributed by atoms with van der Waals surface area (Å²) < 4.78 is 42.7. The first-order valence-corrected chi connectivity index (χ1v) is 6.02. The fourth-order valence-corrected chi connectivity index (χ4v) is 1.71. The van der Waals surface area contributed by atoms with Crippen LogP contribution in [-0.4, -0.2) is 35.9 Å². The number of carbonyl (C=O) groups excluding carboxylic acids is 1. The van der Waals surface area contributed by atoms with E-state index in [1.165, 1.54) is 6.92 Å². The maximum Gasteiger partial charge on any atom is 0.419 e. The Morgan fingerprint density at radius 2 is 2.00 bits per heavy atom. The van der Waals surface area contributed by atoms with Gasteiger partial charge in [0.2, 0.25) is 5.91 Å². The highest BCUT2D eigenvalue weighted by Gasteiger charge is 2.34. The number of rotatable bonds is 5. The van der Waals surface area contributed by atoms with Crippen molar-refractivity contribution in [2.24, 2.45) is 0 Å². The first-order chi connectivity index (χ1) is 9.66. The number of aliphatic hydroxyl groups excluding tert-OH is 2. The zero-order valence-corrected chi connectivity index (χ0v) is 11.4. The molecule has 0 radical (unpaired) electrons. The van der Waals surface area contributed by atoms with Crippen molar-refractivity contribution in [3.63, 3.8) is 0 Å². The summed E-state index contributed by atoms with van der Waals surface area (Å²) in [5, 5.41) is 21.9. The molecule has 1 aromatic rings. The molecule has 0 saturated carbocycles. The first-order valence-electron chi connectivity index (χ1n) is 6.02. The zero-order chi connectivity index (χ0) is 16.2. The number of carbonyl (C=O) groups is 1. The minimum absolute atomic E-state index is 0.0534. The van der Waals surface area contributed by atoms with Crippen LogP contribution >= 0.6 is 0 Å². The Morgan fingerprint density at radius 1 is 1.38 bits per heavy atom. The summed E-state index contributed by atoms with van der Waals surface area (Å²) in [6.07, 6.45) is -7.38. The highest BCUT2D eigenvalue weighted by atomic mass is 19.4. The van der Waals surface area contributed by atoms with Crippen molar-refractivity contribution in [2.75, 3.05) is 13.7 Å². The highest BCUT2D eigenvalue weighted by Crippen LogP contribution is 2.37. The molecule has 2 atom stereocenters. The van der Waals surface area contributed by atoms with E-state index in [2.05, 4.69) is 10.1 Å². The quantitative estimate of drug-likeness (QED) is 0.765. The smallest absolute Gasteiger partial charge is 0.419 e. The van der Waals surface area contributed by atoms with E-state index in [9.17, 15) is 28.2 Å². The van der Waals surface area contributed by atoms with E-state index in [1.54, 1.807) is 0 Å². The number of ether oxygens (including phenoxy) is 1. The molecule has 2 unspecified atom stereocenters.